The van der Waals surface area contributed by atoms with Gasteiger partial charge in [0.05, 0.1) is 13.2 Å². The molecule has 1 atom stereocenters. The number of methoxy groups -OCH3 is 1. The van der Waals surface area contributed by atoms with Crippen LogP contribution in [0.1, 0.15) is 28.4 Å². The third-order valence-corrected chi connectivity index (χ3v) is 4.32. The molecule has 0 fully saturated rings. The summed E-state index contributed by atoms with van der Waals surface area (Å²) < 4.78 is 5.22. The van der Waals surface area contributed by atoms with Crippen LogP contribution in [-0.4, -0.2) is 12.2 Å². The van der Waals surface area contributed by atoms with Crippen molar-refractivity contribution in [2.45, 2.75) is 25.9 Å². The van der Waals surface area contributed by atoms with Crippen molar-refractivity contribution in [3.63, 3.8) is 0 Å². The lowest BCUT2D eigenvalue weighted by Crippen LogP contribution is -2.14. The van der Waals surface area contributed by atoms with E-state index in [0.717, 1.165) is 29.7 Å². The van der Waals surface area contributed by atoms with Gasteiger partial charge in [-0.05, 0) is 60.1 Å². The molecule has 104 valence electrons. The van der Waals surface area contributed by atoms with Gasteiger partial charge in [0, 0.05) is 0 Å². The average Bonchev–Trinajstić information content (AvgIpc) is 2.90. The molecule has 0 spiro atoms. The number of fused-ring (bicyclic) bond motifs is 1. The molecular formula is C18H20O2. The van der Waals surface area contributed by atoms with Gasteiger partial charge in [0.15, 0.2) is 0 Å². The smallest absolute Gasteiger partial charge is 0.119 e. The van der Waals surface area contributed by atoms with Crippen molar-refractivity contribution >= 4 is 0 Å². The zero-order chi connectivity index (χ0) is 14.1. The van der Waals surface area contributed by atoms with Crippen molar-refractivity contribution in [3.8, 4) is 5.75 Å². The average molecular weight is 268 g/mol. The standard InChI is InChI=1S/C18H20O2/c1-12-9-16(20-2)7-8-17(12)18(19)15-10-13-5-3-4-6-14(13)11-15/h3-9,15,18-19H,10-11H2,1-2H3. The molecule has 1 aliphatic rings. The second-order valence-electron chi connectivity index (χ2n) is 5.60. The van der Waals surface area contributed by atoms with Crippen molar-refractivity contribution in [1.29, 1.82) is 0 Å². The molecule has 0 amide bonds. The Kier molecular flexibility index (Phi) is 3.49. The molecule has 0 heterocycles. The zero-order valence-corrected chi connectivity index (χ0v) is 12.0. The lowest BCUT2D eigenvalue weighted by molar-refractivity contribution is 0.113. The number of aryl methyl sites for hydroxylation is 1. The third kappa shape index (κ3) is 2.32. The summed E-state index contributed by atoms with van der Waals surface area (Å²) in [5.41, 5.74) is 4.86. The van der Waals surface area contributed by atoms with E-state index in [4.69, 9.17) is 4.74 Å². The molecule has 0 aliphatic heterocycles. The van der Waals surface area contributed by atoms with E-state index in [1.165, 1.54) is 11.1 Å². The number of aliphatic hydroxyl groups is 1. The van der Waals surface area contributed by atoms with Crippen LogP contribution in [0.25, 0.3) is 0 Å². The SMILES string of the molecule is COc1ccc(C(O)C2Cc3ccccc3C2)c(C)c1. The van der Waals surface area contributed by atoms with Crippen LogP contribution in [0.3, 0.4) is 0 Å². The first-order chi connectivity index (χ1) is 9.69. The van der Waals surface area contributed by atoms with Crippen molar-refractivity contribution < 1.29 is 9.84 Å². The Hall–Kier alpha value is -1.80. The predicted molar refractivity (Wildman–Crippen MR) is 80.0 cm³/mol. The molecule has 3 rings (SSSR count). The maximum absolute atomic E-state index is 10.7. The molecule has 2 aromatic carbocycles. The van der Waals surface area contributed by atoms with Crippen molar-refractivity contribution in [3.05, 3.63) is 64.7 Å². The zero-order valence-electron chi connectivity index (χ0n) is 12.0. The van der Waals surface area contributed by atoms with E-state index >= 15 is 0 Å². The van der Waals surface area contributed by atoms with Crippen LogP contribution in [0.5, 0.6) is 5.75 Å². The number of hydrogen-bond acceptors (Lipinski definition) is 2. The first kappa shape index (κ1) is 13.2. The molecule has 0 saturated carbocycles. The van der Waals surface area contributed by atoms with Gasteiger partial charge < -0.3 is 9.84 Å². The van der Waals surface area contributed by atoms with E-state index in [1.807, 2.05) is 25.1 Å². The van der Waals surface area contributed by atoms with Gasteiger partial charge in [0.2, 0.25) is 0 Å². The van der Waals surface area contributed by atoms with Crippen LogP contribution >= 0.6 is 0 Å². The topological polar surface area (TPSA) is 29.5 Å². The van der Waals surface area contributed by atoms with Crippen LogP contribution < -0.4 is 4.74 Å². The summed E-state index contributed by atoms with van der Waals surface area (Å²) in [4.78, 5) is 0. The summed E-state index contributed by atoms with van der Waals surface area (Å²) in [7, 11) is 1.67. The summed E-state index contributed by atoms with van der Waals surface area (Å²) in [5.74, 6) is 1.12. The van der Waals surface area contributed by atoms with Crippen LogP contribution in [-0.2, 0) is 12.8 Å². The van der Waals surface area contributed by atoms with Crippen molar-refractivity contribution in [2.24, 2.45) is 5.92 Å². The molecule has 0 saturated heterocycles. The van der Waals surface area contributed by atoms with E-state index in [-0.39, 0.29) is 5.92 Å². The lowest BCUT2D eigenvalue weighted by atomic mass is 9.90. The van der Waals surface area contributed by atoms with Gasteiger partial charge in [-0.2, -0.15) is 0 Å². The van der Waals surface area contributed by atoms with E-state index in [9.17, 15) is 5.11 Å². The quantitative estimate of drug-likeness (QED) is 0.924. The summed E-state index contributed by atoms with van der Waals surface area (Å²) in [6, 6.07) is 14.4. The highest BCUT2D eigenvalue weighted by molar-refractivity contribution is 5.38. The monoisotopic (exact) mass is 268 g/mol. The van der Waals surface area contributed by atoms with Crippen LogP contribution in [0.15, 0.2) is 42.5 Å². The maximum atomic E-state index is 10.7. The third-order valence-electron chi connectivity index (χ3n) is 4.32. The molecular weight excluding hydrogens is 248 g/mol. The second kappa shape index (κ2) is 5.29. The summed E-state index contributed by atoms with van der Waals surface area (Å²) in [5, 5.41) is 10.7. The predicted octanol–water partition coefficient (Wildman–Crippen LogP) is 3.45. The fourth-order valence-electron chi connectivity index (χ4n) is 3.18. The molecule has 1 unspecified atom stereocenters. The maximum Gasteiger partial charge on any atom is 0.119 e. The first-order valence-electron chi connectivity index (χ1n) is 7.08. The van der Waals surface area contributed by atoms with Gasteiger partial charge in [0.25, 0.3) is 0 Å². The minimum absolute atomic E-state index is 0.277. The largest absolute Gasteiger partial charge is 0.497 e. The Balaban J connectivity index is 1.82. The minimum atomic E-state index is -0.409. The van der Waals surface area contributed by atoms with Gasteiger partial charge in [-0.3, -0.25) is 0 Å². The minimum Gasteiger partial charge on any atom is -0.497 e. The van der Waals surface area contributed by atoms with Gasteiger partial charge in [0.1, 0.15) is 5.75 Å². The first-order valence-corrected chi connectivity index (χ1v) is 7.08. The summed E-state index contributed by atoms with van der Waals surface area (Å²) in [6.45, 7) is 2.03. The van der Waals surface area contributed by atoms with Gasteiger partial charge in [-0.1, -0.05) is 30.3 Å². The van der Waals surface area contributed by atoms with Crippen molar-refractivity contribution in [2.75, 3.05) is 7.11 Å². The highest BCUT2D eigenvalue weighted by atomic mass is 16.5. The molecule has 1 aliphatic carbocycles. The highest BCUT2D eigenvalue weighted by Crippen LogP contribution is 2.36. The molecule has 1 N–H and O–H groups in total. The molecule has 2 heteroatoms. The Morgan fingerprint density at radius 2 is 1.75 bits per heavy atom. The fourth-order valence-corrected chi connectivity index (χ4v) is 3.18. The van der Waals surface area contributed by atoms with Gasteiger partial charge in [-0.25, -0.2) is 0 Å². The van der Waals surface area contributed by atoms with E-state index in [1.54, 1.807) is 7.11 Å². The lowest BCUT2D eigenvalue weighted by Gasteiger charge is -2.20. The normalized spacial score (nSPS) is 15.9. The summed E-state index contributed by atoms with van der Waals surface area (Å²) >= 11 is 0. The molecule has 0 bridgehead atoms. The van der Waals surface area contributed by atoms with E-state index in [0.29, 0.717) is 0 Å². The highest BCUT2D eigenvalue weighted by Gasteiger charge is 2.28. The molecule has 0 radical (unpaired) electrons. The number of hydrogen-bond donors (Lipinski definition) is 1. The molecule has 20 heavy (non-hydrogen) atoms. The fraction of sp³-hybridized carbons (Fsp3) is 0.333. The summed E-state index contributed by atoms with van der Waals surface area (Å²) in [6.07, 6.45) is 1.51. The van der Waals surface area contributed by atoms with E-state index in [2.05, 4.69) is 24.3 Å². The van der Waals surface area contributed by atoms with Crippen molar-refractivity contribution in [1.82, 2.24) is 0 Å². The molecule has 0 aromatic heterocycles. The number of ether oxygens (including phenoxy) is 1. The molecule has 2 nitrogen and oxygen atoms in total. The Morgan fingerprint density at radius 1 is 1.10 bits per heavy atom. The Bertz CT molecular complexity index is 594. The Labute approximate surface area is 120 Å². The molecule has 2 aromatic rings. The van der Waals surface area contributed by atoms with E-state index < -0.39 is 6.10 Å². The van der Waals surface area contributed by atoms with Gasteiger partial charge in [-0.15, -0.1) is 0 Å². The van der Waals surface area contributed by atoms with Gasteiger partial charge >= 0.3 is 0 Å². The Morgan fingerprint density at radius 3 is 2.30 bits per heavy atom. The van der Waals surface area contributed by atoms with Crippen LogP contribution in [0.2, 0.25) is 0 Å². The van der Waals surface area contributed by atoms with Crippen LogP contribution in [0.4, 0.5) is 0 Å². The second-order valence-corrected chi connectivity index (χ2v) is 5.60. The number of rotatable bonds is 3. The number of aliphatic hydroxyl groups excluding tert-OH is 1. The number of benzene rings is 2. The van der Waals surface area contributed by atoms with Crippen LogP contribution in [0, 0.1) is 12.8 Å².